The van der Waals surface area contributed by atoms with Crippen molar-refractivity contribution in [3.8, 4) is 0 Å². The van der Waals surface area contributed by atoms with Crippen molar-refractivity contribution in [2.75, 3.05) is 0 Å². The van der Waals surface area contributed by atoms with Gasteiger partial charge in [0.25, 0.3) is 0 Å². The Morgan fingerprint density at radius 2 is 2.30 bits per heavy atom. The largest absolute Gasteiger partial charge is 0.357 e. The summed E-state index contributed by atoms with van der Waals surface area (Å²) in [6.45, 7) is 7.16. The Hall–Kier alpha value is -1.19. The number of carbonyl (C=O) groups excluding carboxylic acids is 1. The summed E-state index contributed by atoms with van der Waals surface area (Å²) >= 11 is 0. The predicted molar refractivity (Wildman–Crippen MR) is 35.7 cm³/mol. The maximum Gasteiger partial charge on any atom is 0.357 e. The van der Waals surface area contributed by atoms with Crippen molar-refractivity contribution in [1.82, 2.24) is 10.4 Å². The van der Waals surface area contributed by atoms with Crippen LogP contribution in [-0.4, -0.2) is 17.1 Å². The maximum atomic E-state index is 10.9. The molecule has 0 spiro atoms. The highest BCUT2D eigenvalue weighted by Crippen LogP contribution is 2.10. The van der Waals surface area contributed by atoms with Crippen LogP contribution >= 0.6 is 0 Å². The molecule has 1 rings (SSSR count). The second-order valence-electron chi connectivity index (χ2n) is 2.36. The fraction of sp³-hybridized carbons (Fsp3) is 0.500. The van der Waals surface area contributed by atoms with Crippen molar-refractivity contribution in [2.24, 2.45) is 0 Å². The molecule has 10 heavy (non-hydrogen) atoms. The second kappa shape index (κ2) is 2.21. The van der Waals surface area contributed by atoms with Crippen molar-refractivity contribution in [2.45, 2.75) is 19.9 Å². The van der Waals surface area contributed by atoms with Crippen molar-refractivity contribution < 1.29 is 9.63 Å². The van der Waals surface area contributed by atoms with E-state index in [1.165, 1.54) is 5.06 Å². The minimum Gasteiger partial charge on any atom is -0.357 e. The Balaban J connectivity index is 2.63. The Morgan fingerprint density at radius 1 is 1.70 bits per heavy atom. The summed E-state index contributed by atoms with van der Waals surface area (Å²) in [4.78, 5) is 15.8. The van der Waals surface area contributed by atoms with Gasteiger partial charge >= 0.3 is 6.03 Å². The molecule has 4 heteroatoms. The average Bonchev–Trinajstić information content (AvgIpc) is 2.10. The number of amides is 2. The van der Waals surface area contributed by atoms with Crippen molar-refractivity contribution in [3.63, 3.8) is 0 Å². The number of hydrogen-bond donors (Lipinski definition) is 1. The van der Waals surface area contributed by atoms with Gasteiger partial charge in [-0.15, -0.1) is 0 Å². The van der Waals surface area contributed by atoms with E-state index in [4.69, 9.17) is 4.84 Å². The molecule has 0 saturated carbocycles. The summed E-state index contributed by atoms with van der Waals surface area (Å²) in [6.07, 6.45) is 0. The van der Waals surface area contributed by atoms with Crippen LogP contribution in [0.15, 0.2) is 12.5 Å². The molecule has 0 aliphatic carbocycles. The first-order chi connectivity index (χ1) is 4.61. The molecule has 4 nitrogen and oxygen atoms in total. The number of rotatable bonds is 1. The van der Waals surface area contributed by atoms with Gasteiger partial charge in [-0.3, -0.25) is 5.32 Å². The first-order valence-electron chi connectivity index (χ1n) is 3.08. The lowest BCUT2D eigenvalue weighted by Crippen LogP contribution is -2.33. The molecule has 0 aromatic heterocycles. The fourth-order valence-electron chi connectivity index (χ4n) is 0.697. The first kappa shape index (κ1) is 6.92. The van der Waals surface area contributed by atoms with E-state index in [0.717, 1.165) is 0 Å². The molecule has 56 valence electrons. The topological polar surface area (TPSA) is 41.6 Å². The Labute approximate surface area is 59.4 Å². The van der Waals surface area contributed by atoms with Crippen LogP contribution in [-0.2, 0) is 4.84 Å². The van der Waals surface area contributed by atoms with Gasteiger partial charge in [-0.25, -0.2) is 4.79 Å². The summed E-state index contributed by atoms with van der Waals surface area (Å²) in [6, 6.07) is -0.209. The van der Waals surface area contributed by atoms with Gasteiger partial charge in [0.05, 0.1) is 6.04 Å². The second-order valence-corrected chi connectivity index (χ2v) is 2.36. The Bertz CT molecular complexity index is 177. The number of carbonyl (C=O) groups is 1. The molecule has 0 bridgehead atoms. The van der Waals surface area contributed by atoms with E-state index in [-0.39, 0.29) is 12.1 Å². The molecule has 1 aliphatic heterocycles. The zero-order valence-corrected chi connectivity index (χ0v) is 6.05. The molecular weight excluding hydrogens is 132 g/mol. The van der Waals surface area contributed by atoms with Gasteiger partial charge in [0.15, 0.2) is 0 Å². The molecule has 0 unspecified atom stereocenters. The number of nitrogens with zero attached hydrogens (tertiary/aromatic N) is 1. The van der Waals surface area contributed by atoms with Crippen LogP contribution in [0.4, 0.5) is 4.79 Å². The van der Waals surface area contributed by atoms with E-state index < -0.39 is 0 Å². The quantitative estimate of drug-likeness (QED) is 0.589. The van der Waals surface area contributed by atoms with E-state index >= 15 is 0 Å². The summed E-state index contributed by atoms with van der Waals surface area (Å²) in [5.41, 5.74) is 0. The number of nitrogens with one attached hydrogen (secondary N) is 1. The van der Waals surface area contributed by atoms with Gasteiger partial charge in [-0.05, 0) is 20.4 Å². The highest BCUT2D eigenvalue weighted by Gasteiger charge is 2.26. The van der Waals surface area contributed by atoms with E-state index in [0.29, 0.717) is 5.88 Å². The normalized spacial score (nSPS) is 17.7. The van der Waals surface area contributed by atoms with Crippen LogP contribution in [0.5, 0.6) is 0 Å². The molecule has 2 amide bonds. The summed E-state index contributed by atoms with van der Waals surface area (Å²) in [5.74, 6) is 0.290. The lowest BCUT2D eigenvalue weighted by atomic mass is 10.4. The van der Waals surface area contributed by atoms with E-state index in [2.05, 4.69) is 11.9 Å². The first-order valence-corrected chi connectivity index (χ1v) is 3.08. The highest BCUT2D eigenvalue weighted by molar-refractivity contribution is 5.76. The van der Waals surface area contributed by atoms with Gasteiger partial charge < -0.3 is 4.84 Å². The monoisotopic (exact) mass is 142 g/mol. The van der Waals surface area contributed by atoms with Crippen LogP contribution in [0.2, 0.25) is 0 Å². The van der Waals surface area contributed by atoms with E-state index in [1.807, 2.05) is 13.8 Å². The molecule has 1 fully saturated rings. The number of hydroxylamine groups is 2. The van der Waals surface area contributed by atoms with Gasteiger partial charge in [0.1, 0.15) is 0 Å². The Morgan fingerprint density at radius 3 is 2.50 bits per heavy atom. The smallest absolute Gasteiger partial charge is 0.357 e. The zero-order valence-electron chi connectivity index (χ0n) is 6.05. The van der Waals surface area contributed by atoms with Crippen LogP contribution in [0.1, 0.15) is 13.8 Å². The lowest BCUT2D eigenvalue weighted by molar-refractivity contribution is -0.0683. The van der Waals surface area contributed by atoms with Gasteiger partial charge in [0, 0.05) is 0 Å². The molecule has 1 saturated heterocycles. The molecule has 0 aromatic carbocycles. The molecule has 1 N–H and O–H groups in total. The average molecular weight is 142 g/mol. The number of hydrogen-bond acceptors (Lipinski definition) is 2. The fourth-order valence-corrected chi connectivity index (χ4v) is 0.697. The van der Waals surface area contributed by atoms with Gasteiger partial charge in [-0.1, -0.05) is 0 Å². The summed E-state index contributed by atoms with van der Waals surface area (Å²) in [5, 5.41) is 3.66. The Kier molecular flexibility index (Phi) is 1.53. The zero-order chi connectivity index (χ0) is 7.72. The van der Waals surface area contributed by atoms with Crippen molar-refractivity contribution in [3.05, 3.63) is 12.5 Å². The maximum absolute atomic E-state index is 10.9. The molecule has 0 radical (unpaired) electrons. The molecule has 1 aliphatic rings. The summed E-state index contributed by atoms with van der Waals surface area (Å²) < 4.78 is 0. The van der Waals surface area contributed by atoms with E-state index in [1.54, 1.807) is 0 Å². The predicted octanol–water partition coefficient (Wildman–Crippen LogP) is 0.823. The third kappa shape index (κ3) is 1.05. The summed E-state index contributed by atoms with van der Waals surface area (Å²) in [7, 11) is 0. The third-order valence-electron chi connectivity index (χ3n) is 1.12. The standard InChI is InChI=1S/C6H10N2O2/c1-4(2)8-6(9)7-5(3)10-8/h4H,3H2,1-2H3,(H,7,9). The molecule has 0 atom stereocenters. The molecule has 0 aromatic rings. The SMILES string of the molecule is C=C1NC(=O)N(C(C)C)O1. The van der Waals surface area contributed by atoms with Crippen molar-refractivity contribution in [1.29, 1.82) is 0 Å². The van der Waals surface area contributed by atoms with E-state index in [9.17, 15) is 4.79 Å². The molecule has 1 heterocycles. The van der Waals surface area contributed by atoms with Gasteiger partial charge in [-0.2, -0.15) is 5.06 Å². The van der Waals surface area contributed by atoms with Crippen molar-refractivity contribution >= 4 is 6.03 Å². The minimum atomic E-state index is -0.250. The third-order valence-corrected chi connectivity index (χ3v) is 1.12. The van der Waals surface area contributed by atoms with Crippen LogP contribution < -0.4 is 5.32 Å². The number of urea groups is 1. The molecular formula is C6H10N2O2. The highest BCUT2D eigenvalue weighted by atomic mass is 16.7. The minimum absolute atomic E-state index is 0.0410. The van der Waals surface area contributed by atoms with Crippen LogP contribution in [0.3, 0.4) is 0 Å². The van der Waals surface area contributed by atoms with Crippen LogP contribution in [0.25, 0.3) is 0 Å². The van der Waals surface area contributed by atoms with Crippen LogP contribution in [0, 0.1) is 0 Å². The van der Waals surface area contributed by atoms with Gasteiger partial charge in [0.2, 0.25) is 5.88 Å². The lowest BCUT2D eigenvalue weighted by Gasteiger charge is -2.15.